The van der Waals surface area contributed by atoms with Crippen molar-refractivity contribution >= 4 is 28.2 Å². The van der Waals surface area contributed by atoms with Crippen LogP contribution >= 0.6 is 0 Å². The monoisotopic (exact) mass is 469 g/mol. The van der Waals surface area contributed by atoms with Gasteiger partial charge in [0.05, 0.1) is 38.2 Å². The van der Waals surface area contributed by atoms with E-state index in [2.05, 4.69) is 16.3 Å². The number of carbonyl (C=O) groups is 1. The first-order valence-corrected chi connectivity index (χ1v) is 11.4. The topological polar surface area (TPSA) is 72.9 Å². The number of anilines is 2. The van der Waals surface area contributed by atoms with Gasteiger partial charge in [-0.15, -0.1) is 0 Å². The maximum Gasteiger partial charge on any atom is 0.255 e. The molecule has 7 heteroatoms. The second-order valence-corrected chi connectivity index (χ2v) is 8.41. The molecule has 0 spiro atoms. The maximum absolute atomic E-state index is 12.6. The lowest BCUT2D eigenvalue weighted by Crippen LogP contribution is -2.19. The van der Waals surface area contributed by atoms with Crippen LogP contribution in [0.25, 0.3) is 10.9 Å². The van der Waals surface area contributed by atoms with Crippen LogP contribution in [0.15, 0.2) is 66.7 Å². The Labute approximate surface area is 204 Å². The summed E-state index contributed by atoms with van der Waals surface area (Å²) in [6.45, 7) is 1.67. The second kappa shape index (κ2) is 9.54. The van der Waals surface area contributed by atoms with Crippen LogP contribution in [0.3, 0.4) is 0 Å². The largest absolute Gasteiger partial charge is 0.497 e. The summed E-state index contributed by atoms with van der Waals surface area (Å²) in [4.78, 5) is 19.8. The van der Waals surface area contributed by atoms with Crippen LogP contribution in [0.5, 0.6) is 17.2 Å². The van der Waals surface area contributed by atoms with E-state index >= 15 is 0 Å². The van der Waals surface area contributed by atoms with Crippen LogP contribution in [-0.4, -0.2) is 38.8 Å². The van der Waals surface area contributed by atoms with Crippen molar-refractivity contribution in [3.63, 3.8) is 0 Å². The van der Waals surface area contributed by atoms with Crippen LogP contribution in [0.4, 0.5) is 11.4 Å². The van der Waals surface area contributed by atoms with Crippen molar-refractivity contribution < 1.29 is 19.0 Å². The van der Waals surface area contributed by atoms with Gasteiger partial charge in [-0.3, -0.25) is 9.78 Å². The maximum atomic E-state index is 12.6. The number of nitrogens with one attached hydrogen (secondary N) is 1. The number of carbonyl (C=O) groups excluding carboxylic acids is 1. The highest BCUT2D eigenvalue weighted by atomic mass is 16.5. The lowest BCUT2D eigenvalue weighted by molar-refractivity contribution is 0.102. The molecule has 1 N–H and O–H groups in total. The molecule has 7 nitrogen and oxygen atoms in total. The molecular formula is C28H27N3O4. The normalized spacial score (nSPS) is 12.4. The van der Waals surface area contributed by atoms with Gasteiger partial charge in [-0.25, -0.2) is 0 Å². The van der Waals surface area contributed by atoms with Crippen molar-refractivity contribution in [2.24, 2.45) is 0 Å². The Kier molecular flexibility index (Phi) is 6.14. The Hall–Kier alpha value is -4.26. The first-order valence-electron chi connectivity index (χ1n) is 11.4. The smallest absolute Gasteiger partial charge is 0.255 e. The van der Waals surface area contributed by atoms with Crippen LogP contribution in [0.2, 0.25) is 0 Å². The molecule has 1 amide bonds. The molecule has 0 unspecified atom stereocenters. The van der Waals surface area contributed by atoms with Crippen LogP contribution < -0.4 is 24.4 Å². The third kappa shape index (κ3) is 4.57. The zero-order chi connectivity index (χ0) is 24.4. The third-order valence-corrected chi connectivity index (χ3v) is 6.25. The molecule has 1 aliphatic heterocycles. The number of pyridine rings is 1. The van der Waals surface area contributed by atoms with Crippen molar-refractivity contribution in [2.45, 2.75) is 13.0 Å². The molecule has 3 aromatic carbocycles. The summed E-state index contributed by atoms with van der Waals surface area (Å²) in [7, 11) is 4.86. The lowest BCUT2D eigenvalue weighted by Gasteiger charge is -2.20. The Morgan fingerprint density at radius 1 is 0.943 bits per heavy atom. The summed E-state index contributed by atoms with van der Waals surface area (Å²) in [6, 6.07) is 21.1. The molecule has 5 rings (SSSR count). The Morgan fingerprint density at radius 3 is 2.46 bits per heavy atom. The van der Waals surface area contributed by atoms with Gasteiger partial charge in [0.2, 0.25) is 0 Å². The van der Waals surface area contributed by atoms with Gasteiger partial charge in [0, 0.05) is 42.2 Å². The van der Waals surface area contributed by atoms with Gasteiger partial charge in [-0.1, -0.05) is 18.2 Å². The lowest BCUT2D eigenvalue weighted by atomic mass is 10.1. The molecule has 0 atom stereocenters. The molecule has 178 valence electrons. The Bertz CT molecular complexity index is 1390. The zero-order valence-electron chi connectivity index (χ0n) is 20.0. The van der Waals surface area contributed by atoms with E-state index in [1.165, 1.54) is 0 Å². The molecule has 0 bridgehead atoms. The molecule has 35 heavy (non-hydrogen) atoms. The van der Waals surface area contributed by atoms with Crippen molar-refractivity contribution in [1.82, 2.24) is 4.98 Å². The summed E-state index contributed by atoms with van der Waals surface area (Å²) in [6.07, 6.45) is 0.897. The van der Waals surface area contributed by atoms with E-state index in [0.717, 1.165) is 53.0 Å². The quantitative estimate of drug-likeness (QED) is 0.407. The number of aromatic nitrogens is 1. The number of methoxy groups -OCH3 is 3. The van der Waals surface area contributed by atoms with Crippen LogP contribution in [-0.2, 0) is 13.0 Å². The van der Waals surface area contributed by atoms with Gasteiger partial charge in [-0.2, -0.15) is 0 Å². The highest BCUT2D eigenvalue weighted by Crippen LogP contribution is 2.36. The number of fused-ring (bicyclic) bond motifs is 2. The minimum absolute atomic E-state index is 0.171. The standard InChI is InChI=1S/C28H27N3O4/c1-33-22-6-4-5-19(13-22)28(32)29-21-9-7-18(8-10-21)17-31-12-11-23-25(31)14-20-15-26(34-2)27(35-3)16-24(20)30-23/h4-10,13-16H,11-12,17H2,1-3H3,(H,29,32). The van der Waals surface area contributed by atoms with E-state index in [1.807, 2.05) is 42.5 Å². The van der Waals surface area contributed by atoms with Gasteiger partial charge in [0.15, 0.2) is 11.5 Å². The Morgan fingerprint density at radius 2 is 1.71 bits per heavy atom. The summed E-state index contributed by atoms with van der Waals surface area (Å²) >= 11 is 0. The second-order valence-electron chi connectivity index (χ2n) is 8.41. The first kappa shape index (κ1) is 22.5. The number of hydrogen-bond acceptors (Lipinski definition) is 6. The molecule has 1 aliphatic rings. The summed E-state index contributed by atoms with van der Waals surface area (Å²) < 4.78 is 16.1. The molecule has 0 aliphatic carbocycles. The van der Waals surface area contributed by atoms with Crippen molar-refractivity contribution in [2.75, 3.05) is 38.1 Å². The molecule has 0 saturated carbocycles. The van der Waals surface area contributed by atoms with E-state index < -0.39 is 0 Å². The van der Waals surface area contributed by atoms with Gasteiger partial charge >= 0.3 is 0 Å². The fraction of sp³-hybridized carbons (Fsp3) is 0.214. The molecule has 0 radical (unpaired) electrons. The average molecular weight is 470 g/mol. The number of hydrogen-bond donors (Lipinski definition) is 1. The van der Waals surface area contributed by atoms with Crippen molar-refractivity contribution in [3.8, 4) is 17.2 Å². The fourth-order valence-electron chi connectivity index (χ4n) is 4.39. The highest BCUT2D eigenvalue weighted by Gasteiger charge is 2.22. The Balaban J connectivity index is 1.31. The fourth-order valence-corrected chi connectivity index (χ4v) is 4.39. The van der Waals surface area contributed by atoms with Crippen molar-refractivity contribution in [3.05, 3.63) is 83.6 Å². The van der Waals surface area contributed by atoms with Gasteiger partial charge in [-0.05, 0) is 48.0 Å². The number of rotatable bonds is 7. The van der Waals surface area contributed by atoms with E-state index in [-0.39, 0.29) is 5.91 Å². The predicted octanol–water partition coefficient (Wildman–Crippen LogP) is 5.08. The number of nitrogens with zero attached hydrogens (tertiary/aromatic N) is 2. The van der Waals surface area contributed by atoms with Gasteiger partial charge in [0.1, 0.15) is 5.75 Å². The first-order chi connectivity index (χ1) is 17.1. The van der Waals surface area contributed by atoms with E-state index in [4.69, 9.17) is 19.2 Å². The zero-order valence-corrected chi connectivity index (χ0v) is 20.0. The van der Waals surface area contributed by atoms with Gasteiger partial charge < -0.3 is 24.4 Å². The van der Waals surface area contributed by atoms with Crippen LogP contribution in [0.1, 0.15) is 21.6 Å². The minimum Gasteiger partial charge on any atom is -0.497 e. The predicted molar refractivity (Wildman–Crippen MR) is 137 cm³/mol. The molecular weight excluding hydrogens is 442 g/mol. The van der Waals surface area contributed by atoms with Crippen molar-refractivity contribution in [1.29, 1.82) is 0 Å². The van der Waals surface area contributed by atoms with Gasteiger partial charge in [0.25, 0.3) is 5.91 Å². The van der Waals surface area contributed by atoms with E-state index in [0.29, 0.717) is 22.8 Å². The molecule has 0 saturated heterocycles. The highest BCUT2D eigenvalue weighted by molar-refractivity contribution is 6.04. The van der Waals surface area contributed by atoms with E-state index in [1.54, 1.807) is 39.5 Å². The van der Waals surface area contributed by atoms with E-state index in [9.17, 15) is 4.79 Å². The number of amides is 1. The average Bonchev–Trinajstić information content (AvgIpc) is 3.28. The SMILES string of the molecule is COc1cccc(C(=O)Nc2ccc(CN3CCc4nc5cc(OC)c(OC)cc5cc43)cc2)c1. The third-order valence-electron chi connectivity index (χ3n) is 6.25. The minimum atomic E-state index is -0.171. The number of ether oxygens (including phenoxy) is 3. The molecule has 1 aromatic heterocycles. The molecule has 4 aromatic rings. The summed E-state index contributed by atoms with van der Waals surface area (Å²) in [5.74, 6) is 1.85. The summed E-state index contributed by atoms with van der Waals surface area (Å²) in [5.41, 5.74) is 5.59. The van der Waals surface area contributed by atoms with Crippen LogP contribution in [0, 0.1) is 0 Å². The molecule has 0 fully saturated rings. The number of benzene rings is 3. The molecule has 2 heterocycles. The summed E-state index contributed by atoms with van der Waals surface area (Å²) in [5, 5.41) is 3.96.